The first kappa shape index (κ1) is 14.6. The van der Waals surface area contributed by atoms with Gasteiger partial charge in [-0.05, 0) is 6.42 Å². The normalized spacial score (nSPS) is 11.3. The fraction of sp³-hybridized carbons (Fsp3) is 0.600. The van der Waals surface area contributed by atoms with E-state index in [0.29, 0.717) is 12.5 Å². The van der Waals surface area contributed by atoms with Gasteiger partial charge in [0.1, 0.15) is 9.84 Å². The molecule has 1 aromatic rings. The van der Waals surface area contributed by atoms with E-state index in [1.807, 2.05) is 6.92 Å². The quantitative estimate of drug-likeness (QED) is 0.769. The molecule has 102 valence electrons. The van der Waals surface area contributed by atoms with E-state index in [1.54, 1.807) is 0 Å². The van der Waals surface area contributed by atoms with Crippen LogP contribution in [0.5, 0.6) is 0 Å². The number of hydrogen-bond donors (Lipinski definition) is 2. The van der Waals surface area contributed by atoms with E-state index < -0.39 is 15.7 Å². The van der Waals surface area contributed by atoms with Crippen molar-refractivity contribution < 1.29 is 12.8 Å². The van der Waals surface area contributed by atoms with Gasteiger partial charge >= 0.3 is 0 Å². The molecule has 0 aromatic carbocycles. The van der Waals surface area contributed by atoms with Gasteiger partial charge in [0.15, 0.2) is 11.6 Å². The summed E-state index contributed by atoms with van der Waals surface area (Å²) in [7, 11) is -3.08. The first-order valence-electron chi connectivity index (χ1n) is 5.60. The maximum atomic E-state index is 13.3. The van der Waals surface area contributed by atoms with Crippen LogP contribution in [-0.4, -0.2) is 43.5 Å². The van der Waals surface area contributed by atoms with E-state index >= 15 is 0 Å². The number of hydrogen-bond acceptors (Lipinski definition) is 6. The number of rotatable bonds is 7. The molecule has 0 aliphatic carbocycles. The third-order valence-corrected chi connectivity index (χ3v) is 2.99. The Balaban J connectivity index is 2.63. The zero-order chi connectivity index (χ0) is 13.6. The van der Waals surface area contributed by atoms with Gasteiger partial charge in [0.25, 0.3) is 0 Å². The molecule has 0 atom stereocenters. The molecule has 8 heteroatoms. The molecule has 0 saturated heterocycles. The highest BCUT2D eigenvalue weighted by molar-refractivity contribution is 7.90. The van der Waals surface area contributed by atoms with Crippen LogP contribution in [0.4, 0.5) is 16.2 Å². The Kier molecular flexibility index (Phi) is 5.26. The molecule has 1 rings (SSSR count). The summed E-state index contributed by atoms with van der Waals surface area (Å²) in [6.45, 7) is 2.79. The van der Waals surface area contributed by atoms with Crippen molar-refractivity contribution in [3.63, 3.8) is 0 Å². The second kappa shape index (κ2) is 6.48. The third kappa shape index (κ3) is 5.26. The molecule has 0 unspecified atom stereocenters. The number of anilines is 2. The van der Waals surface area contributed by atoms with E-state index in [1.165, 1.54) is 0 Å². The van der Waals surface area contributed by atoms with Gasteiger partial charge in [-0.1, -0.05) is 6.92 Å². The molecular formula is C10H17FN4O2S. The lowest BCUT2D eigenvalue weighted by Crippen LogP contribution is -2.16. The van der Waals surface area contributed by atoms with E-state index in [2.05, 4.69) is 20.6 Å². The molecule has 0 fully saturated rings. The molecule has 0 bridgehead atoms. The van der Waals surface area contributed by atoms with Gasteiger partial charge in [0.2, 0.25) is 5.95 Å². The molecule has 0 spiro atoms. The van der Waals surface area contributed by atoms with Crippen LogP contribution in [0.3, 0.4) is 0 Å². The molecule has 6 nitrogen and oxygen atoms in total. The number of nitrogens with one attached hydrogen (secondary N) is 2. The SMILES string of the molecule is CCCNc1ncc(F)c(NCCS(C)(=O)=O)n1. The van der Waals surface area contributed by atoms with Gasteiger partial charge < -0.3 is 10.6 Å². The molecule has 0 radical (unpaired) electrons. The molecule has 1 heterocycles. The highest BCUT2D eigenvalue weighted by Gasteiger charge is 2.07. The van der Waals surface area contributed by atoms with Crippen molar-refractivity contribution in [1.82, 2.24) is 9.97 Å². The number of halogens is 1. The average molecular weight is 276 g/mol. The minimum Gasteiger partial charge on any atom is -0.366 e. The van der Waals surface area contributed by atoms with Crippen molar-refractivity contribution in [2.45, 2.75) is 13.3 Å². The Labute approximate surface area is 106 Å². The zero-order valence-corrected chi connectivity index (χ0v) is 11.2. The summed E-state index contributed by atoms with van der Waals surface area (Å²) in [4.78, 5) is 7.70. The lowest BCUT2D eigenvalue weighted by molar-refractivity contribution is 0.601. The van der Waals surface area contributed by atoms with Gasteiger partial charge in [0, 0.05) is 19.3 Å². The van der Waals surface area contributed by atoms with Crippen LogP contribution < -0.4 is 10.6 Å². The van der Waals surface area contributed by atoms with Crippen LogP contribution in [-0.2, 0) is 9.84 Å². The predicted octanol–water partition coefficient (Wildman–Crippen LogP) is 0.894. The van der Waals surface area contributed by atoms with E-state index in [4.69, 9.17) is 0 Å². The van der Waals surface area contributed by atoms with E-state index in [9.17, 15) is 12.8 Å². The summed E-state index contributed by atoms with van der Waals surface area (Å²) in [5.41, 5.74) is 0. The topological polar surface area (TPSA) is 84.0 Å². The molecule has 1 aromatic heterocycles. The molecule has 0 aliphatic heterocycles. The predicted molar refractivity (Wildman–Crippen MR) is 69.0 cm³/mol. The largest absolute Gasteiger partial charge is 0.366 e. The Hall–Kier alpha value is -1.44. The van der Waals surface area contributed by atoms with Crippen LogP contribution in [0, 0.1) is 5.82 Å². The maximum absolute atomic E-state index is 13.3. The lowest BCUT2D eigenvalue weighted by Gasteiger charge is -2.08. The second-order valence-corrected chi connectivity index (χ2v) is 6.13. The summed E-state index contributed by atoms with van der Waals surface area (Å²) in [6.07, 6.45) is 3.07. The summed E-state index contributed by atoms with van der Waals surface area (Å²) < 4.78 is 35.2. The van der Waals surface area contributed by atoms with Gasteiger partial charge in [-0.15, -0.1) is 0 Å². The third-order valence-electron chi connectivity index (χ3n) is 2.04. The minimum atomic E-state index is -3.08. The Morgan fingerprint density at radius 1 is 1.33 bits per heavy atom. The molecule has 0 amide bonds. The molecule has 2 N–H and O–H groups in total. The van der Waals surface area contributed by atoms with E-state index in [-0.39, 0.29) is 18.1 Å². The Bertz CT molecular complexity index is 493. The standard InChI is InChI=1S/C10H17FN4O2S/c1-3-4-13-10-14-7-8(11)9(15-10)12-5-6-18(2,16)17/h7H,3-6H2,1-2H3,(H2,12,13,14,15). The number of nitrogens with zero attached hydrogens (tertiary/aromatic N) is 2. The molecule has 0 saturated carbocycles. The van der Waals surface area contributed by atoms with Crippen molar-refractivity contribution in [3.05, 3.63) is 12.0 Å². The minimum absolute atomic E-state index is 0.00672. The summed E-state index contributed by atoms with van der Waals surface area (Å²) >= 11 is 0. The number of sulfone groups is 1. The highest BCUT2D eigenvalue weighted by atomic mass is 32.2. The second-order valence-electron chi connectivity index (χ2n) is 3.87. The van der Waals surface area contributed by atoms with E-state index in [0.717, 1.165) is 18.9 Å². The van der Waals surface area contributed by atoms with Gasteiger partial charge in [-0.2, -0.15) is 4.98 Å². The molecule has 18 heavy (non-hydrogen) atoms. The van der Waals surface area contributed by atoms with Gasteiger partial charge in [-0.25, -0.2) is 17.8 Å². The highest BCUT2D eigenvalue weighted by Crippen LogP contribution is 2.11. The van der Waals surface area contributed by atoms with Crippen molar-refractivity contribution >= 4 is 21.6 Å². The fourth-order valence-electron chi connectivity index (χ4n) is 1.17. The van der Waals surface area contributed by atoms with Gasteiger partial charge in [-0.3, -0.25) is 0 Å². The van der Waals surface area contributed by atoms with Crippen molar-refractivity contribution in [2.24, 2.45) is 0 Å². The van der Waals surface area contributed by atoms with Crippen LogP contribution in [0.1, 0.15) is 13.3 Å². The lowest BCUT2D eigenvalue weighted by atomic mass is 10.5. The summed E-state index contributed by atoms with van der Waals surface area (Å²) in [5.74, 6) is -0.355. The smallest absolute Gasteiger partial charge is 0.224 e. The Morgan fingerprint density at radius 3 is 2.67 bits per heavy atom. The maximum Gasteiger partial charge on any atom is 0.224 e. The molecule has 0 aliphatic rings. The molecular weight excluding hydrogens is 259 g/mol. The van der Waals surface area contributed by atoms with Crippen molar-refractivity contribution in [1.29, 1.82) is 0 Å². The summed E-state index contributed by atoms with van der Waals surface area (Å²) in [5, 5.41) is 5.56. The van der Waals surface area contributed by atoms with Crippen molar-refractivity contribution in [3.8, 4) is 0 Å². The average Bonchev–Trinajstić information content (AvgIpc) is 2.28. The first-order valence-corrected chi connectivity index (χ1v) is 7.66. The van der Waals surface area contributed by atoms with Crippen LogP contribution >= 0.6 is 0 Å². The zero-order valence-electron chi connectivity index (χ0n) is 10.4. The first-order chi connectivity index (χ1) is 8.42. The summed E-state index contributed by atoms with van der Waals surface area (Å²) in [6, 6.07) is 0. The van der Waals surface area contributed by atoms with Gasteiger partial charge in [0.05, 0.1) is 11.9 Å². The number of aromatic nitrogens is 2. The van der Waals surface area contributed by atoms with Crippen molar-refractivity contribution in [2.75, 3.05) is 35.7 Å². The van der Waals surface area contributed by atoms with Crippen LogP contribution in [0.2, 0.25) is 0 Å². The monoisotopic (exact) mass is 276 g/mol. The van der Waals surface area contributed by atoms with Crippen LogP contribution in [0.25, 0.3) is 0 Å². The Morgan fingerprint density at radius 2 is 2.06 bits per heavy atom. The van der Waals surface area contributed by atoms with Crippen LogP contribution in [0.15, 0.2) is 6.20 Å². The fourth-order valence-corrected chi connectivity index (χ4v) is 1.64.